The van der Waals surface area contributed by atoms with Crippen LogP contribution in [0.5, 0.6) is 0 Å². The van der Waals surface area contributed by atoms with Crippen molar-refractivity contribution in [3.05, 3.63) is 29.3 Å². The van der Waals surface area contributed by atoms with E-state index in [2.05, 4.69) is 17.9 Å². The Labute approximate surface area is 132 Å². The van der Waals surface area contributed by atoms with E-state index in [4.69, 9.17) is 0 Å². The molecular weight excluding hydrogens is 276 g/mol. The van der Waals surface area contributed by atoms with Crippen molar-refractivity contribution in [2.45, 2.75) is 39.2 Å². The number of hydrogen-bond donors (Lipinski definition) is 1. The van der Waals surface area contributed by atoms with E-state index in [1.165, 1.54) is 18.4 Å². The van der Waals surface area contributed by atoms with E-state index >= 15 is 0 Å². The van der Waals surface area contributed by atoms with E-state index in [1.54, 1.807) is 6.92 Å². The number of aliphatic hydroxyl groups excluding tert-OH is 1. The molecule has 0 saturated carbocycles. The molecule has 0 radical (unpaired) electrons. The summed E-state index contributed by atoms with van der Waals surface area (Å²) in [4.78, 5) is 15.8. The number of anilines is 1. The standard InChI is InChI=1S/C18H26N2O2/c1-13-5-8-19(9-6-13)12-18(22)16-3-4-17-15(11-16)7-10-20(17)14(2)21/h3-4,11,13,18,22H,5-10,12H2,1-2H3. The largest absolute Gasteiger partial charge is 0.387 e. The maximum atomic E-state index is 11.6. The van der Waals surface area contributed by atoms with Gasteiger partial charge in [-0.15, -0.1) is 0 Å². The molecule has 1 aromatic carbocycles. The summed E-state index contributed by atoms with van der Waals surface area (Å²) in [5.41, 5.74) is 3.16. The molecule has 2 heterocycles. The first-order valence-corrected chi connectivity index (χ1v) is 8.36. The minimum atomic E-state index is -0.440. The van der Waals surface area contributed by atoms with E-state index in [-0.39, 0.29) is 5.91 Å². The lowest BCUT2D eigenvalue weighted by atomic mass is 9.98. The van der Waals surface area contributed by atoms with Gasteiger partial charge >= 0.3 is 0 Å². The second kappa shape index (κ2) is 6.39. The number of nitrogens with zero attached hydrogens (tertiary/aromatic N) is 2. The summed E-state index contributed by atoms with van der Waals surface area (Å²) in [6, 6.07) is 6.04. The SMILES string of the molecule is CC(=O)N1CCc2cc(C(O)CN3CCC(C)CC3)ccc21. The van der Waals surface area contributed by atoms with Crippen molar-refractivity contribution in [3.8, 4) is 0 Å². The molecule has 1 fully saturated rings. The highest BCUT2D eigenvalue weighted by Crippen LogP contribution is 2.31. The fraction of sp³-hybridized carbons (Fsp3) is 0.611. The van der Waals surface area contributed by atoms with Gasteiger partial charge in [-0.3, -0.25) is 4.79 Å². The summed E-state index contributed by atoms with van der Waals surface area (Å²) < 4.78 is 0. The van der Waals surface area contributed by atoms with Gasteiger partial charge in [0.05, 0.1) is 6.10 Å². The topological polar surface area (TPSA) is 43.8 Å². The number of benzene rings is 1. The highest BCUT2D eigenvalue weighted by Gasteiger charge is 2.24. The lowest BCUT2D eigenvalue weighted by Crippen LogP contribution is -2.36. The van der Waals surface area contributed by atoms with E-state index in [0.29, 0.717) is 6.54 Å². The summed E-state index contributed by atoms with van der Waals surface area (Å²) in [5.74, 6) is 0.903. The number of hydrogen-bond acceptors (Lipinski definition) is 3. The molecule has 1 N–H and O–H groups in total. The fourth-order valence-corrected chi connectivity index (χ4v) is 3.55. The normalized spacial score (nSPS) is 21.0. The number of piperidine rings is 1. The van der Waals surface area contributed by atoms with Crippen LogP contribution >= 0.6 is 0 Å². The Kier molecular flexibility index (Phi) is 4.50. The van der Waals surface area contributed by atoms with Crippen LogP contribution in [0.3, 0.4) is 0 Å². The van der Waals surface area contributed by atoms with Crippen LogP contribution in [0.1, 0.15) is 43.9 Å². The molecule has 2 aliphatic heterocycles. The Morgan fingerprint density at radius 3 is 2.73 bits per heavy atom. The van der Waals surface area contributed by atoms with Gasteiger partial charge in [0.15, 0.2) is 0 Å². The Morgan fingerprint density at radius 1 is 1.32 bits per heavy atom. The lowest BCUT2D eigenvalue weighted by Gasteiger charge is -2.31. The van der Waals surface area contributed by atoms with Gasteiger partial charge in [0.1, 0.15) is 0 Å². The molecular formula is C18H26N2O2. The molecule has 1 saturated heterocycles. The van der Waals surface area contributed by atoms with Crippen molar-refractivity contribution in [1.29, 1.82) is 0 Å². The summed E-state index contributed by atoms with van der Waals surface area (Å²) in [6.07, 6.45) is 2.90. The Balaban J connectivity index is 1.67. The summed E-state index contributed by atoms with van der Waals surface area (Å²) in [6.45, 7) is 7.54. The van der Waals surface area contributed by atoms with Crippen LogP contribution in [-0.2, 0) is 11.2 Å². The quantitative estimate of drug-likeness (QED) is 0.932. The summed E-state index contributed by atoms with van der Waals surface area (Å²) in [7, 11) is 0. The highest BCUT2D eigenvalue weighted by atomic mass is 16.3. The average molecular weight is 302 g/mol. The van der Waals surface area contributed by atoms with Gasteiger partial charge in [-0.25, -0.2) is 0 Å². The Morgan fingerprint density at radius 2 is 2.05 bits per heavy atom. The van der Waals surface area contributed by atoms with Crippen molar-refractivity contribution < 1.29 is 9.90 Å². The molecule has 3 rings (SSSR count). The maximum Gasteiger partial charge on any atom is 0.223 e. The first-order valence-electron chi connectivity index (χ1n) is 8.36. The number of rotatable bonds is 3. The molecule has 120 valence electrons. The molecule has 4 nitrogen and oxygen atoms in total. The zero-order valence-corrected chi connectivity index (χ0v) is 13.6. The zero-order valence-electron chi connectivity index (χ0n) is 13.6. The Hall–Kier alpha value is -1.39. The number of β-amino-alcohol motifs (C(OH)–C–C–N with tert-alkyl or cyclic N) is 1. The van der Waals surface area contributed by atoms with Gasteiger partial charge in [0.25, 0.3) is 0 Å². The molecule has 1 amide bonds. The molecule has 1 unspecified atom stereocenters. The van der Waals surface area contributed by atoms with Crippen LogP contribution in [0, 0.1) is 5.92 Å². The van der Waals surface area contributed by atoms with Crippen LogP contribution in [0.2, 0.25) is 0 Å². The molecule has 2 aliphatic rings. The minimum Gasteiger partial charge on any atom is -0.387 e. The van der Waals surface area contributed by atoms with Gasteiger partial charge in [-0.1, -0.05) is 19.1 Å². The van der Waals surface area contributed by atoms with Gasteiger partial charge < -0.3 is 14.9 Å². The van der Waals surface area contributed by atoms with Gasteiger partial charge in [-0.2, -0.15) is 0 Å². The lowest BCUT2D eigenvalue weighted by molar-refractivity contribution is -0.116. The third-order valence-corrected chi connectivity index (χ3v) is 5.07. The fourth-order valence-electron chi connectivity index (χ4n) is 3.55. The van der Waals surface area contributed by atoms with Crippen LogP contribution in [0.15, 0.2) is 18.2 Å². The first kappa shape index (κ1) is 15.5. The van der Waals surface area contributed by atoms with Crippen molar-refractivity contribution in [2.75, 3.05) is 31.1 Å². The van der Waals surface area contributed by atoms with Crippen LogP contribution < -0.4 is 4.90 Å². The summed E-state index contributed by atoms with van der Waals surface area (Å²) >= 11 is 0. The van der Waals surface area contributed by atoms with Crippen molar-refractivity contribution in [2.24, 2.45) is 5.92 Å². The molecule has 0 aliphatic carbocycles. The first-order chi connectivity index (χ1) is 10.5. The number of fused-ring (bicyclic) bond motifs is 1. The van der Waals surface area contributed by atoms with Gasteiger partial charge in [-0.05, 0) is 55.5 Å². The van der Waals surface area contributed by atoms with Crippen molar-refractivity contribution in [3.63, 3.8) is 0 Å². The number of carbonyl (C=O) groups excluding carboxylic acids is 1. The molecule has 0 aromatic heterocycles. The second-order valence-corrected chi connectivity index (χ2v) is 6.81. The van der Waals surface area contributed by atoms with Gasteiger partial charge in [0, 0.05) is 25.7 Å². The molecule has 0 bridgehead atoms. The van der Waals surface area contributed by atoms with Crippen LogP contribution in [0.4, 0.5) is 5.69 Å². The molecule has 4 heteroatoms. The predicted octanol–water partition coefficient (Wildman–Crippen LogP) is 2.36. The van der Waals surface area contributed by atoms with E-state index in [0.717, 1.165) is 43.2 Å². The number of likely N-dealkylation sites (tertiary alicyclic amines) is 1. The number of aliphatic hydroxyl groups is 1. The van der Waals surface area contributed by atoms with E-state index in [1.807, 2.05) is 17.0 Å². The van der Waals surface area contributed by atoms with E-state index < -0.39 is 6.10 Å². The molecule has 1 aromatic rings. The van der Waals surface area contributed by atoms with E-state index in [9.17, 15) is 9.90 Å². The van der Waals surface area contributed by atoms with Crippen molar-refractivity contribution in [1.82, 2.24) is 4.90 Å². The molecule has 1 atom stereocenters. The maximum absolute atomic E-state index is 11.6. The average Bonchev–Trinajstić information content (AvgIpc) is 2.92. The third-order valence-electron chi connectivity index (χ3n) is 5.07. The van der Waals surface area contributed by atoms with Crippen LogP contribution in [-0.4, -0.2) is 42.1 Å². The Bertz CT molecular complexity index is 550. The number of carbonyl (C=O) groups is 1. The molecule has 0 spiro atoms. The smallest absolute Gasteiger partial charge is 0.223 e. The van der Waals surface area contributed by atoms with Gasteiger partial charge in [0.2, 0.25) is 5.91 Å². The predicted molar refractivity (Wildman–Crippen MR) is 88.0 cm³/mol. The third kappa shape index (κ3) is 3.18. The van der Waals surface area contributed by atoms with Crippen LogP contribution in [0.25, 0.3) is 0 Å². The highest BCUT2D eigenvalue weighted by molar-refractivity contribution is 5.93. The summed E-state index contributed by atoms with van der Waals surface area (Å²) in [5, 5.41) is 10.5. The minimum absolute atomic E-state index is 0.0921. The van der Waals surface area contributed by atoms with Crippen molar-refractivity contribution >= 4 is 11.6 Å². The monoisotopic (exact) mass is 302 g/mol. The second-order valence-electron chi connectivity index (χ2n) is 6.81. The molecule has 22 heavy (non-hydrogen) atoms. The number of amides is 1. The zero-order chi connectivity index (χ0) is 15.7.